The van der Waals surface area contributed by atoms with E-state index < -0.39 is 35.9 Å². The van der Waals surface area contributed by atoms with Crippen LogP contribution in [0.4, 0.5) is 0 Å². The number of sulfonamides is 1. The second kappa shape index (κ2) is 5.41. The van der Waals surface area contributed by atoms with Crippen LogP contribution in [0.3, 0.4) is 0 Å². The molecular formula is C8H13NO6S. The highest BCUT2D eigenvalue weighted by Crippen LogP contribution is 2.13. The van der Waals surface area contributed by atoms with Crippen LogP contribution in [0, 0.1) is 0 Å². The Bertz CT molecular complexity index is 421. The Balaban J connectivity index is 2.85. The van der Waals surface area contributed by atoms with Gasteiger partial charge in [0.15, 0.2) is 0 Å². The van der Waals surface area contributed by atoms with Crippen molar-refractivity contribution in [1.29, 1.82) is 0 Å². The zero-order valence-electron chi connectivity index (χ0n) is 8.33. The molecule has 4 N–H and O–H groups in total. The van der Waals surface area contributed by atoms with Gasteiger partial charge in [0.25, 0.3) is 10.0 Å². The predicted molar refractivity (Wildman–Crippen MR) is 52.9 cm³/mol. The summed E-state index contributed by atoms with van der Waals surface area (Å²) in [6.07, 6.45) is 0. The molecule has 0 aliphatic heterocycles. The SMILES string of the molecule is O=S(=O)(NC(CO)CO)c1ccc(CO)o1. The number of hydrogen-bond acceptors (Lipinski definition) is 6. The fraction of sp³-hybridized carbons (Fsp3) is 0.500. The second-order valence-electron chi connectivity index (χ2n) is 3.06. The summed E-state index contributed by atoms with van der Waals surface area (Å²) >= 11 is 0. The molecule has 0 bridgehead atoms. The number of furan rings is 1. The van der Waals surface area contributed by atoms with Crippen LogP contribution in [0.15, 0.2) is 21.6 Å². The summed E-state index contributed by atoms with van der Waals surface area (Å²) in [5.74, 6) is 0.116. The number of rotatable bonds is 6. The monoisotopic (exact) mass is 251 g/mol. The molecule has 92 valence electrons. The van der Waals surface area contributed by atoms with Crippen LogP contribution in [0.25, 0.3) is 0 Å². The zero-order valence-corrected chi connectivity index (χ0v) is 9.14. The first-order valence-electron chi connectivity index (χ1n) is 4.47. The maximum absolute atomic E-state index is 11.6. The first-order chi connectivity index (χ1) is 7.53. The summed E-state index contributed by atoms with van der Waals surface area (Å²) in [5, 5.41) is 25.8. The van der Waals surface area contributed by atoms with Gasteiger partial charge in [-0.1, -0.05) is 0 Å². The van der Waals surface area contributed by atoms with Crippen molar-refractivity contribution in [3.8, 4) is 0 Å². The first kappa shape index (κ1) is 13.1. The highest BCUT2D eigenvalue weighted by molar-refractivity contribution is 7.89. The molecule has 0 fully saturated rings. The van der Waals surface area contributed by atoms with Gasteiger partial charge in [0.1, 0.15) is 12.4 Å². The van der Waals surface area contributed by atoms with E-state index in [9.17, 15) is 8.42 Å². The Hall–Kier alpha value is -0.930. The molecule has 1 aromatic rings. The van der Waals surface area contributed by atoms with Crippen molar-refractivity contribution in [2.24, 2.45) is 0 Å². The molecule has 0 atom stereocenters. The zero-order chi connectivity index (χ0) is 12.2. The van der Waals surface area contributed by atoms with Gasteiger partial charge in [0.05, 0.1) is 19.3 Å². The summed E-state index contributed by atoms with van der Waals surface area (Å²) < 4.78 is 30.0. The lowest BCUT2D eigenvalue weighted by atomic mass is 10.4. The van der Waals surface area contributed by atoms with E-state index in [1.165, 1.54) is 12.1 Å². The molecule has 0 spiro atoms. The fourth-order valence-corrected chi connectivity index (χ4v) is 2.17. The molecular weight excluding hydrogens is 238 g/mol. The Morgan fingerprint density at radius 3 is 2.31 bits per heavy atom. The Morgan fingerprint density at radius 1 is 1.25 bits per heavy atom. The highest BCUT2D eigenvalue weighted by Gasteiger charge is 2.22. The molecule has 0 radical (unpaired) electrons. The van der Waals surface area contributed by atoms with Crippen LogP contribution in [0.2, 0.25) is 0 Å². The summed E-state index contributed by atoms with van der Waals surface area (Å²) in [4.78, 5) is 0. The van der Waals surface area contributed by atoms with E-state index in [-0.39, 0.29) is 10.9 Å². The largest absolute Gasteiger partial charge is 0.446 e. The van der Waals surface area contributed by atoms with E-state index in [1.54, 1.807) is 0 Å². The minimum atomic E-state index is -3.92. The van der Waals surface area contributed by atoms with Gasteiger partial charge in [-0.2, -0.15) is 0 Å². The van der Waals surface area contributed by atoms with Gasteiger partial charge in [-0.25, -0.2) is 13.1 Å². The van der Waals surface area contributed by atoms with E-state index in [4.69, 9.17) is 19.7 Å². The van der Waals surface area contributed by atoms with Crippen LogP contribution < -0.4 is 4.72 Å². The minimum Gasteiger partial charge on any atom is -0.446 e. The summed E-state index contributed by atoms with van der Waals surface area (Å²) in [7, 11) is -3.92. The van der Waals surface area contributed by atoms with Crippen molar-refractivity contribution < 1.29 is 28.2 Å². The molecule has 0 aliphatic rings. The number of aliphatic hydroxyl groups is 3. The van der Waals surface area contributed by atoms with Crippen molar-refractivity contribution in [2.75, 3.05) is 13.2 Å². The lowest BCUT2D eigenvalue weighted by Crippen LogP contribution is -2.39. The van der Waals surface area contributed by atoms with Crippen molar-refractivity contribution in [3.05, 3.63) is 17.9 Å². The maximum atomic E-state index is 11.6. The van der Waals surface area contributed by atoms with Crippen LogP contribution >= 0.6 is 0 Å². The summed E-state index contributed by atoms with van der Waals surface area (Å²) in [6.45, 7) is -1.45. The quantitative estimate of drug-likeness (QED) is 0.483. The van der Waals surface area contributed by atoms with Gasteiger partial charge in [-0.3, -0.25) is 0 Å². The third-order valence-corrected chi connectivity index (χ3v) is 3.21. The third-order valence-electron chi connectivity index (χ3n) is 1.82. The van der Waals surface area contributed by atoms with Gasteiger partial charge in [0.2, 0.25) is 5.09 Å². The van der Waals surface area contributed by atoms with E-state index >= 15 is 0 Å². The molecule has 1 aromatic heterocycles. The lowest BCUT2D eigenvalue weighted by molar-refractivity contribution is 0.184. The van der Waals surface area contributed by atoms with Gasteiger partial charge in [-0.15, -0.1) is 0 Å². The predicted octanol–water partition coefficient (Wildman–Crippen LogP) is -1.60. The van der Waals surface area contributed by atoms with Crippen LogP contribution in [0.1, 0.15) is 5.76 Å². The Kier molecular flexibility index (Phi) is 4.44. The average Bonchev–Trinajstić information content (AvgIpc) is 2.75. The highest BCUT2D eigenvalue weighted by atomic mass is 32.2. The molecule has 16 heavy (non-hydrogen) atoms. The van der Waals surface area contributed by atoms with Crippen molar-refractivity contribution in [3.63, 3.8) is 0 Å². The standard InChI is InChI=1S/C8H13NO6S/c10-3-6(4-11)9-16(13,14)8-2-1-7(5-12)15-8/h1-2,6,9-12H,3-5H2. The summed E-state index contributed by atoms with van der Waals surface area (Å²) in [5.41, 5.74) is 0. The molecule has 7 nitrogen and oxygen atoms in total. The van der Waals surface area contributed by atoms with Gasteiger partial charge in [0, 0.05) is 0 Å². The smallest absolute Gasteiger partial charge is 0.274 e. The molecule has 8 heteroatoms. The molecule has 0 aromatic carbocycles. The first-order valence-corrected chi connectivity index (χ1v) is 5.95. The molecule has 0 saturated carbocycles. The van der Waals surface area contributed by atoms with Gasteiger partial charge >= 0.3 is 0 Å². The van der Waals surface area contributed by atoms with Crippen LogP contribution in [0.5, 0.6) is 0 Å². The fourth-order valence-electron chi connectivity index (χ4n) is 0.997. The molecule has 0 unspecified atom stereocenters. The van der Waals surface area contributed by atoms with E-state index in [1.807, 2.05) is 4.72 Å². The maximum Gasteiger partial charge on any atom is 0.274 e. The van der Waals surface area contributed by atoms with Crippen LogP contribution in [-0.4, -0.2) is 43.0 Å². The molecule has 0 aliphatic carbocycles. The van der Waals surface area contributed by atoms with E-state index in [2.05, 4.69) is 0 Å². The van der Waals surface area contributed by atoms with Crippen molar-refractivity contribution >= 4 is 10.0 Å². The molecule has 1 heterocycles. The van der Waals surface area contributed by atoms with Gasteiger partial charge in [-0.05, 0) is 12.1 Å². The van der Waals surface area contributed by atoms with Crippen molar-refractivity contribution in [1.82, 2.24) is 4.72 Å². The minimum absolute atomic E-state index is 0.116. The number of nitrogens with one attached hydrogen (secondary N) is 1. The topological polar surface area (TPSA) is 120 Å². The van der Waals surface area contributed by atoms with Crippen LogP contribution in [-0.2, 0) is 16.6 Å². The van der Waals surface area contributed by atoms with Crippen molar-refractivity contribution in [2.45, 2.75) is 17.7 Å². The van der Waals surface area contributed by atoms with E-state index in [0.29, 0.717) is 0 Å². The number of aliphatic hydroxyl groups excluding tert-OH is 3. The van der Waals surface area contributed by atoms with E-state index in [0.717, 1.165) is 0 Å². The Labute approximate surface area is 92.4 Å². The second-order valence-corrected chi connectivity index (χ2v) is 4.71. The lowest BCUT2D eigenvalue weighted by Gasteiger charge is -2.11. The Morgan fingerprint density at radius 2 is 1.88 bits per heavy atom. The number of hydrogen-bond donors (Lipinski definition) is 4. The molecule has 0 amide bonds. The van der Waals surface area contributed by atoms with Gasteiger partial charge < -0.3 is 19.7 Å². The molecule has 1 rings (SSSR count). The molecule has 0 saturated heterocycles. The summed E-state index contributed by atoms with van der Waals surface area (Å²) in [6, 6.07) is 1.52. The third kappa shape index (κ3) is 3.03. The normalized spacial score (nSPS) is 12.2. The average molecular weight is 251 g/mol.